The summed E-state index contributed by atoms with van der Waals surface area (Å²) < 4.78 is 21.6. The lowest BCUT2D eigenvalue weighted by Gasteiger charge is -2.45. The fourth-order valence-electron chi connectivity index (χ4n) is 3.19. The molecule has 182 valence electrons. The molecule has 0 aromatic rings. The van der Waals surface area contributed by atoms with Crippen LogP contribution in [0.25, 0.3) is 0 Å². The average Bonchev–Trinajstić information content (AvgIpc) is 2.74. The van der Waals surface area contributed by atoms with Crippen LogP contribution in [0, 0.1) is 0 Å². The SMILES string of the molecule is NC(=O)CCSCCO[C@@H]1O[C@H](CO)[C@H](O[C@H]2O[C@H](CO)[C@H](O)[C@H](O)[C@H]2O)[C@H](O)[C@H]1O. The van der Waals surface area contributed by atoms with E-state index in [0.717, 1.165) is 0 Å². The average molecular weight is 473 g/mol. The van der Waals surface area contributed by atoms with E-state index in [2.05, 4.69) is 0 Å². The van der Waals surface area contributed by atoms with Crippen molar-refractivity contribution in [1.29, 1.82) is 0 Å². The van der Waals surface area contributed by atoms with Gasteiger partial charge in [-0.05, 0) is 0 Å². The van der Waals surface area contributed by atoms with Gasteiger partial charge in [-0.2, -0.15) is 11.8 Å². The van der Waals surface area contributed by atoms with E-state index in [1.54, 1.807) is 0 Å². The van der Waals surface area contributed by atoms with E-state index in [4.69, 9.17) is 24.7 Å². The van der Waals surface area contributed by atoms with Crippen LogP contribution in [0.15, 0.2) is 0 Å². The van der Waals surface area contributed by atoms with Gasteiger partial charge in [-0.1, -0.05) is 0 Å². The molecule has 0 aromatic carbocycles. The van der Waals surface area contributed by atoms with Gasteiger partial charge < -0.3 is 60.4 Å². The lowest BCUT2D eigenvalue weighted by Crippen LogP contribution is -2.64. The molecule has 2 fully saturated rings. The summed E-state index contributed by atoms with van der Waals surface area (Å²) >= 11 is 1.40. The van der Waals surface area contributed by atoms with Crippen molar-refractivity contribution in [2.75, 3.05) is 31.3 Å². The van der Waals surface area contributed by atoms with Gasteiger partial charge in [0, 0.05) is 17.9 Å². The monoisotopic (exact) mass is 473 g/mol. The van der Waals surface area contributed by atoms with Crippen molar-refractivity contribution in [1.82, 2.24) is 0 Å². The maximum Gasteiger partial charge on any atom is 0.218 e. The molecule has 13 nitrogen and oxygen atoms in total. The molecule has 2 aliphatic heterocycles. The largest absolute Gasteiger partial charge is 0.394 e. The zero-order chi connectivity index (χ0) is 23.1. The highest BCUT2D eigenvalue weighted by Gasteiger charge is 2.50. The number of ether oxygens (including phenoxy) is 4. The molecule has 9 N–H and O–H groups in total. The molecule has 1 amide bonds. The molecule has 31 heavy (non-hydrogen) atoms. The van der Waals surface area contributed by atoms with Gasteiger partial charge in [0.25, 0.3) is 0 Å². The van der Waals surface area contributed by atoms with Gasteiger partial charge in [-0.25, -0.2) is 0 Å². The van der Waals surface area contributed by atoms with E-state index in [0.29, 0.717) is 11.5 Å². The first kappa shape index (κ1) is 26.6. The number of amides is 1. The van der Waals surface area contributed by atoms with Crippen molar-refractivity contribution in [2.45, 2.75) is 67.8 Å². The fraction of sp³-hybridized carbons (Fsp3) is 0.941. The van der Waals surface area contributed by atoms with Crippen LogP contribution in [0.4, 0.5) is 0 Å². The highest BCUT2D eigenvalue weighted by Crippen LogP contribution is 2.29. The van der Waals surface area contributed by atoms with E-state index in [-0.39, 0.29) is 13.0 Å². The van der Waals surface area contributed by atoms with E-state index >= 15 is 0 Å². The van der Waals surface area contributed by atoms with E-state index in [1.807, 2.05) is 0 Å². The standard InChI is InChI=1S/C17H31NO12S/c18-9(21)1-3-31-4-2-27-16-14(26)12(24)15(8(6-20)29-16)30-17-13(25)11(23)10(22)7(5-19)28-17/h7-8,10-17,19-20,22-26H,1-6H2,(H2,18,21)/t7-,8-,10+,11+,12-,13-,14-,15+,16-,17-/m1/s1. The Balaban J connectivity index is 1.92. The summed E-state index contributed by atoms with van der Waals surface area (Å²) in [5, 5.41) is 69.4. The third-order valence-electron chi connectivity index (χ3n) is 4.96. The van der Waals surface area contributed by atoms with E-state index < -0.39 is 80.5 Å². The minimum atomic E-state index is -1.73. The highest BCUT2D eigenvalue weighted by molar-refractivity contribution is 7.99. The van der Waals surface area contributed by atoms with Crippen LogP contribution in [0.2, 0.25) is 0 Å². The summed E-state index contributed by atoms with van der Waals surface area (Å²) in [5.74, 6) is 0.549. The first-order valence-corrected chi connectivity index (χ1v) is 10.9. The number of nitrogens with two attached hydrogens (primary N) is 1. The van der Waals surface area contributed by atoms with Crippen LogP contribution >= 0.6 is 11.8 Å². The molecular weight excluding hydrogens is 442 g/mol. The highest BCUT2D eigenvalue weighted by atomic mass is 32.2. The van der Waals surface area contributed by atoms with Crippen LogP contribution in [0.3, 0.4) is 0 Å². The van der Waals surface area contributed by atoms with Crippen molar-refractivity contribution in [3.63, 3.8) is 0 Å². The van der Waals surface area contributed by atoms with Gasteiger partial charge in [0.1, 0.15) is 48.8 Å². The molecule has 0 radical (unpaired) electrons. The van der Waals surface area contributed by atoms with Gasteiger partial charge in [0.05, 0.1) is 19.8 Å². The number of primary amides is 1. The number of hydrogen-bond acceptors (Lipinski definition) is 13. The zero-order valence-electron chi connectivity index (χ0n) is 16.7. The molecule has 2 aliphatic rings. The summed E-state index contributed by atoms with van der Waals surface area (Å²) in [7, 11) is 0. The molecule has 2 heterocycles. The lowest BCUT2D eigenvalue weighted by molar-refractivity contribution is -0.359. The van der Waals surface area contributed by atoms with Crippen LogP contribution in [0.1, 0.15) is 6.42 Å². The predicted molar refractivity (Wildman–Crippen MR) is 103 cm³/mol. The lowest BCUT2D eigenvalue weighted by atomic mass is 9.97. The molecule has 2 rings (SSSR count). The normalized spacial score (nSPS) is 41.3. The second-order valence-corrected chi connectivity index (χ2v) is 8.43. The Labute approximate surface area is 182 Å². The quantitative estimate of drug-likeness (QED) is 0.132. The van der Waals surface area contributed by atoms with Gasteiger partial charge in [-0.15, -0.1) is 0 Å². The Morgan fingerprint density at radius 3 is 2.06 bits per heavy atom. The summed E-state index contributed by atoms with van der Waals surface area (Å²) in [6.07, 6.45) is -14.7. The molecular formula is C17H31NO12S. The van der Waals surface area contributed by atoms with Gasteiger partial charge in [-0.3, -0.25) is 4.79 Å². The second-order valence-electron chi connectivity index (χ2n) is 7.20. The van der Waals surface area contributed by atoms with Crippen molar-refractivity contribution in [2.24, 2.45) is 5.73 Å². The smallest absolute Gasteiger partial charge is 0.218 e. The number of carbonyl (C=O) groups is 1. The predicted octanol–water partition coefficient (Wildman–Crippen LogP) is -4.76. The maximum absolute atomic E-state index is 10.7. The third-order valence-corrected chi connectivity index (χ3v) is 5.91. The molecule has 0 aliphatic carbocycles. The number of aliphatic hydroxyl groups excluding tert-OH is 7. The Morgan fingerprint density at radius 2 is 1.45 bits per heavy atom. The van der Waals surface area contributed by atoms with Crippen LogP contribution in [-0.4, -0.2) is 134 Å². The summed E-state index contributed by atoms with van der Waals surface area (Å²) in [5.41, 5.74) is 5.04. The molecule has 0 aromatic heterocycles. The van der Waals surface area contributed by atoms with Crippen LogP contribution in [-0.2, 0) is 23.7 Å². The molecule has 10 atom stereocenters. The van der Waals surface area contributed by atoms with Crippen LogP contribution < -0.4 is 5.73 Å². The number of hydrogen-bond donors (Lipinski definition) is 8. The van der Waals surface area contributed by atoms with E-state index in [1.165, 1.54) is 11.8 Å². The van der Waals surface area contributed by atoms with Crippen molar-refractivity contribution >= 4 is 17.7 Å². The fourth-order valence-corrected chi connectivity index (χ4v) is 3.95. The summed E-state index contributed by atoms with van der Waals surface area (Å²) in [4.78, 5) is 10.7. The number of thioether (sulfide) groups is 1. The topological polar surface area (TPSA) is 222 Å². The summed E-state index contributed by atoms with van der Waals surface area (Å²) in [6, 6.07) is 0. The number of aliphatic hydroxyl groups is 7. The van der Waals surface area contributed by atoms with Crippen molar-refractivity contribution in [3.8, 4) is 0 Å². The molecule has 0 spiro atoms. The van der Waals surface area contributed by atoms with Gasteiger partial charge in [0.15, 0.2) is 12.6 Å². The minimum Gasteiger partial charge on any atom is -0.394 e. The second kappa shape index (κ2) is 12.6. The molecule has 2 saturated heterocycles. The van der Waals surface area contributed by atoms with Crippen molar-refractivity contribution < 1.29 is 59.5 Å². The maximum atomic E-state index is 10.7. The summed E-state index contributed by atoms with van der Waals surface area (Å²) in [6.45, 7) is -1.19. The Morgan fingerprint density at radius 1 is 0.839 bits per heavy atom. The number of carbonyl (C=O) groups excluding carboxylic acids is 1. The van der Waals surface area contributed by atoms with Gasteiger partial charge >= 0.3 is 0 Å². The zero-order valence-corrected chi connectivity index (χ0v) is 17.5. The minimum absolute atomic E-state index is 0.119. The third kappa shape index (κ3) is 6.93. The molecule has 14 heteroatoms. The number of rotatable bonds is 11. The molecule has 0 unspecified atom stereocenters. The first-order chi connectivity index (χ1) is 14.7. The molecule has 0 saturated carbocycles. The van der Waals surface area contributed by atoms with Crippen LogP contribution in [0.5, 0.6) is 0 Å². The van der Waals surface area contributed by atoms with Gasteiger partial charge in [0.2, 0.25) is 5.91 Å². The Bertz CT molecular complexity index is 555. The Kier molecular flexibility index (Phi) is 10.8. The Hall–Kier alpha value is -0.620. The van der Waals surface area contributed by atoms with E-state index in [9.17, 15) is 40.5 Å². The molecule has 0 bridgehead atoms. The first-order valence-electron chi connectivity index (χ1n) is 9.77. The van der Waals surface area contributed by atoms with Crippen molar-refractivity contribution in [3.05, 3.63) is 0 Å².